The SMILES string of the molecule is COc1ccc2c(c1)C(=O)C(Cc1cccc(N)c1)C(C)O2. The first-order chi connectivity index (χ1) is 10.6. The minimum absolute atomic E-state index is 0.0927. The fourth-order valence-electron chi connectivity index (χ4n) is 2.86. The second kappa shape index (κ2) is 5.72. The Bertz CT molecular complexity index is 711. The van der Waals surface area contributed by atoms with E-state index in [1.807, 2.05) is 31.2 Å². The number of ether oxygens (including phenoxy) is 2. The van der Waals surface area contributed by atoms with Crippen molar-refractivity contribution in [2.75, 3.05) is 12.8 Å². The third-order valence-corrected chi connectivity index (χ3v) is 4.08. The number of hydrogen-bond acceptors (Lipinski definition) is 4. The third kappa shape index (κ3) is 2.64. The zero-order valence-corrected chi connectivity index (χ0v) is 12.7. The van der Waals surface area contributed by atoms with Gasteiger partial charge in [-0.15, -0.1) is 0 Å². The van der Waals surface area contributed by atoms with Gasteiger partial charge in [0.15, 0.2) is 5.78 Å². The van der Waals surface area contributed by atoms with Gasteiger partial charge in [-0.05, 0) is 49.2 Å². The summed E-state index contributed by atoms with van der Waals surface area (Å²) in [6, 6.07) is 13.0. The number of carbonyl (C=O) groups excluding carboxylic acids is 1. The van der Waals surface area contributed by atoms with E-state index in [0.717, 1.165) is 5.56 Å². The highest BCUT2D eigenvalue weighted by Gasteiger charge is 2.34. The summed E-state index contributed by atoms with van der Waals surface area (Å²) in [5, 5.41) is 0. The molecule has 4 nitrogen and oxygen atoms in total. The van der Waals surface area contributed by atoms with E-state index in [0.29, 0.717) is 29.2 Å². The Morgan fingerprint density at radius 2 is 2.05 bits per heavy atom. The van der Waals surface area contributed by atoms with Crippen molar-refractivity contribution in [3.8, 4) is 11.5 Å². The lowest BCUT2D eigenvalue weighted by Crippen LogP contribution is -2.37. The first-order valence-electron chi connectivity index (χ1n) is 7.32. The summed E-state index contributed by atoms with van der Waals surface area (Å²) in [5.41, 5.74) is 8.15. The smallest absolute Gasteiger partial charge is 0.173 e. The van der Waals surface area contributed by atoms with Crippen molar-refractivity contribution in [1.29, 1.82) is 0 Å². The number of nitrogen functional groups attached to an aromatic ring is 1. The van der Waals surface area contributed by atoms with Crippen LogP contribution >= 0.6 is 0 Å². The molecule has 0 fully saturated rings. The lowest BCUT2D eigenvalue weighted by molar-refractivity contribution is 0.0698. The molecule has 0 aromatic heterocycles. The summed E-state index contributed by atoms with van der Waals surface area (Å²) in [4.78, 5) is 12.8. The topological polar surface area (TPSA) is 61.5 Å². The highest BCUT2D eigenvalue weighted by Crippen LogP contribution is 2.35. The predicted octanol–water partition coefficient (Wildman–Crippen LogP) is 3.10. The maximum atomic E-state index is 12.8. The number of Topliss-reactive ketones (excluding diaryl/α,β-unsaturated/α-hetero) is 1. The van der Waals surface area contributed by atoms with Crippen LogP contribution in [0.4, 0.5) is 5.69 Å². The van der Waals surface area contributed by atoms with Gasteiger partial charge in [-0.3, -0.25) is 4.79 Å². The summed E-state index contributed by atoms with van der Waals surface area (Å²) in [7, 11) is 1.59. The summed E-state index contributed by atoms with van der Waals surface area (Å²) >= 11 is 0. The zero-order valence-electron chi connectivity index (χ0n) is 12.7. The number of benzene rings is 2. The maximum absolute atomic E-state index is 12.8. The van der Waals surface area contributed by atoms with Gasteiger partial charge < -0.3 is 15.2 Å². The van der Waals surface area contributed by atoms with Crippen molar-refractivity contribution in [2.45, 2.75) is 19.4 Å². The van der Waals surface area contributed by atoms with Crippen molar-refractivity contribution < 1.29 is 14.3 Å². The zero-order chi connectivity index (χ0) is 15.7. The Morgan fingerprint density at radius 1 is 1.23 bits per heavy atom. The fraction of sp³-hybridized carbons (Fsp3) is 0.278. The number of ketones is 1. The van der Waals surface area contributed by atoms with Crippen LogP contribution in [0.25, 0.3) is 0 Å². The second-order valence-corrected chi connectivity index (χ2v) is 5.60. The first kappa shape index (κ1) is 14.4. The molecule has 0 amide bonds. The van der Waals surface area contributed by atoms with Gasteiger partial charge in [0.1, 0.15) is 17.6 Å². The van der Waals surface area contributed by atoms with Gasteiger partial charge in [0.25, 0.3) is 0 Å². The summed E-state index contributed by atoms with van der Waals surface area (Å²) < 4.78 is 11.1. The molecule has 0 bridgehead atoms. The average Bonchev–Trinajstić information content (AvgIpc) is 2.51. The van der Waals surface area contributed by atoms with Crippen LogP contribution < -0.4 is 15.2 Å². The molecular formula is C18H19NO3. The highest BCUT2D eigenvalue weighted by atomic mass is 16.5. The van der Waals surface area contributed by atoms with E-state index in [1.165, 1.54) is 0 Å². The van der Waals surface area contributed by atoms with E-state index in [2.05, 4.69) is 0 Å². The molecule has 2 unspecified atom stereocenters. The number of carbonyl (C=O) groups is 1. The Morgan fingerprint density at radius 3 is 2.77 bits per heavy atom. The Balaban J connectivity index is 1.91. The standard InChI is InChI=1S/C18H19NO3/c1-11-15(9-12-4-3-5-13(19)8-12)18(20)16-10-14(21-2)6-7-17(16)22-11/h3-8,10-11,15H,9,19H2,1-2H3. The monoisotopic (exact) mass is 297 g/mol. The molecule has 2 N–H and O–H groups in total. The van der Waals surface area contributed by atoms with Crippen LogP contribution in [0, 0.1) is 5.92 Å². The average molecular weight is 297 g/mol. The molecule has 1 aliphatic heterocycles. The number of rotatable bonds is 3. The maximum Gasteiger partial charge on any atom is 0.173 e. The molecular weight excluding hydrogens is 278 g/mol. The van der Waals surface area contributed by atoms with E-state index in [-0.39, 0.29) is 17.8 Å². The molecule has 114 valence electrons. The minimum atomic E-state index is -0.221. The van der Waals surface area contributed by atoms with Crippen LogP contribution in [0.2, 0.25) is 0 Å². The van der Waals surface area contributed by atoms with E-state index >= 15 is 0 Å². The van der Waals surface area contributed by atoms with Crippen LogP contribution in [-0.4, -0.2) is 19.0 Å². The number of nitrogens with two attached hydrogens (primary N) is 1. The van der Waals surface area contributed by atoms with E-state index < -0.39 is 0 Å². The minimum Gasteiger partial charge on any atom is -0.497 e. The van der Waals surface area contributed by atoms with Crippen LogP contribution in [0.1, 0.15) is 22.8 Å². The number of fused-ring (bicyclic) bond motifs is 1. The molecule has 2 aromatic rings. The van der Waals surface area contributed by atoms with Gasteiger partial charge >= 0.3 is 0 Å². The molecule has 0 radical (unpaired) electrons. The van der Waals surface area contributed by atoms with Gasteiger partial charge in [0.2, 0.25) is 0 Å². The molecule has 3 rings (SSSR count). The Kier molecular flexibility index (Phi) is 3.75. The molecule has 0 saturated heterocycles. The van der Waals surface area contributed by atoms with E-state index in [1.54, 1.807) is 25.3 Å². The second-order valence-electron chi connectivity index (χ2n) is 5.60. The molecule has 22 heavy (non-hydrogen) atoms. The van der Waals surface area contributed by atoms with Gasteiger partial charge in [-0.25, -0.2) is 0 Å². The largest absolute Gasteiger partial charge is 0.497 e. The van der Waals surface area contributed by atoms with E-state index in [9.17, 15) is 4.79 Å². The lowest BCUT2D eigenvalue weighted by Gasteiger charge is -2.30. The van der Waals surface area contributed by atoms with Gasteiger partial charge in [0.05, 0.1) is 18.6 Å². The van der Waals surface area contributed by atoms with Crippen molar-refractivity contribution in [3.05, 3.63) is 53.6 Å². The van der Waals surface area contributed by atoms with Gasteiger partial charge in [0, 0.05) is 5.69 Å². The number of hydrogen-bond donors (Lipinski definition) is 1. The van der Waals surface area contributed by atoms with Crippen molar-refractivity contribution in [1.82, 2.24) is 0 Å². The molecule has 4 heteroatoms. The lowest BCUT2D eigenvalue weighted by atomic mass is 9.85. The molecule has 0 spiro atoms. The molecule has 0 saturated carbocycles. The summed E-state index contributed by atoms with van der Waals surface area (Å²) in [6.45, 7) is 1.93. The van der Waals surface area contributed by atoms with Crippen molar-refractivity contribution >= 4 is 11.5 Å². The summed E-state index contributed by atoms with van der Waals surface area (Å²) in [6.07, 6.45) is 0.441. The van der Waals surface area contributed by atoms with Gasteiger partial charge in [-0.1, -0.05) is 12.1 Å². The Labute approximate surface area is 129 Å². The predicted molar refractivity (Wildman–Crippen MR) is 85.5 cm³/mol. The molecule has 1 aliphatic rings. The van der Waals surface area contributed by atoms with Crippen molar-refractivity contribution in [2.24, 2.45) is 5.92 Å². The molecule has 2 atom stereocenters. The quantitative estimate of drug-likeness (QED) is 0.884. The van der Waals surface area contributed by atoms with Crippen molar-refractivity contribution in [3.63, 3.8) is 0 Å². The van der Waals surface area contributed by atoms with Gasteiger partial charge in [-0.2, -0.15) is 0 Å². The third-order valence-electron chi connectivity index (χ3n) is 4.08. The normalized spacial score (nSPS) is 20.2. The molecule has 0 aliphatic carbocycles. The Hall–Kier alpha value is -2.49. The van der Waals surface area contributed by atoms with E-state index in [4.69, 9.17) is 15.2 Å². The van der Waals surface area contributed by atoms with Crippen LogP contribution in [0.3, 0.4) is 0 Å². The van der Waals surface area contributed by atoms with Crippen LogP contribution in [-0.2, 0) is 6.42 Å². The fourth-order valence-corrected chi connectivity index (χ4v) is 2.86. The van der Waals surface area contributed by atoms with Crippen LogP contribution in [0.15, 0.2) is 42.5 Å². The number of methoxy groups -OCH3 is 1. The highest BCUT2D eigenvalue weighted by molar-refractivity contribution is 6.02. The molecule has 2 aromatic carbocycles. The number of anilines is 1. The summed E-state index contributed by atoms with van der Waals surface area (Å²) in [5.74, 6) is 1.16. The molecule has 1 heterocycles. The first-order valence-corrected chi connectivity index (χ1v) is 7.32. The van der Waals surface area contributed by atoms with Crippen LogP contribution in [0.5, 0.6) is 11.5 Å².